The molecule has 0 amide bonds. The van der Waals surface area contributed by atoms with Gasteiger partial charge in [0.25, 0.3) is 0 Å². The van der Waals surface area contributed by atoms with Crippen molar-refractivity contribution in [3.05, 3.63) is 48.0 Å². The monoisotopic (exact) mass is 244 g/mol. The smallest absolute Gasteiger partial charge is 0.218 e. The minimum atomic E-state index is -0.984. The van der Waals surface area contributed by atoms with Crippen molar-refractivity contribution < 1.29 is 14.6 Å². The third-order valence-electron chi connectivity index (χ3n) is 3.36. The molecule has 0 spiro atoms. The van der Waals surface area contributed by atoms with E-state index >= 15 is 0 Å². The summed E-state index contributed by atoms with van der Waals surface area (Å²) in [6, 6.07) is 14.1. The highest BCUT2D eigenvalue weighted by molar-refractivity contribution is 5.83. The maximum Gasteiger partial charge on any atom is 0.218 e. The number of ether oxygens (including phenoxy) is 2. The van der Waals surface area contributed by atoms with E-state index in [4.69, 9.17) is 9.47 Å². The van der Waals surface area contributed by atoms with Gasteiger partial charge in [0.2, 0.25) is 5.79 Å². The van der Waals surface area contributed by atoms with Crippen LogP contribution in [0.1, 0.15) is 12.0 Å². The van der Waals surface area contributed by atoms with Crippen LogP contribution in [0.3, 0.4) is 0 Å². The number of aliphatic hydroxyl groups is 1. The van der Waals surface area contributed by atoms with Gasteiger partial charge in [0.1, 0.15) is 6.61 Å². The number of hydrogen-bond acceptors (Lipinski definition) is 3. The zero-order valence-corrected chi connectivity index (χ0v) is 10.1. The lowest BCUT2D eigenvalue weighted by molar-refractivity contribution is -0.291. The molecule has 0 aliphatic carbocycles. The molecule has 0 saturated carbocycles. The van der Waals surface area contributed by atoms with Crippen molar-refractivity contribution in [3.8, 4) is 0 Å². The lowest BCUT2D eigenvalue weighted by Gasteiger charge is -2.36. The molecule has 1 saturated heterocycles. The predicted molar refractivity (Wildman–Crippen MR) is 69.2 cm³/mol. The average molecular weight is 244 g/mol. The first-order valence-corrected chi connectivity index (χ1v) is 6.22. The van der Waals surface area contributed by atoms with Gasteiger partial charge in [-0.2, -0.15) is 0 Å². The Kier molecular flexibility index (Phi) is 3.04. The van der Waals surface area contributed by atoms with Crippen LogP contribution in [-0.4, -0.2) is 24.9 Å². The second-order valence-electron chi connectivity index (χ2n) is 4.52. The molecule has 2 aromatic rings. The molecule has 0 radical (unpaired) electrons. The molecule has 3 heteroatoms. The van der Waals surface area contributed by atoms with Crippen molar-refractivity contribution in [2.24, 2.45) is 0 Å². The van der Waals surface area contributed by atoms with E-state index in [0.717, 1.165) is 17.4 Å². The minimum Gasteiger partial charge on any atom is -0.390 e. The van der Waals surface area contributed by atoms with Gasteiger partial charge in [-0.25, -0.2) is 0 Å². The molecule has 94 valence electrons. The van der Waals surface area contributed by atoms with Gasteiger partial charge in [-0.15, -0.1) is 0 Å². The standard InChI is InChI=1S/C15H16O3/c16-11-15(17-8-3-9-18-15)14-7-6-12-4-1-2-5-13(12)10-14/h1-2,4-7,10,16H,3,8-9,11H2. The van der Waals surface area contributed by atoms with Crippen LogP contribution >= 0.6 is 0 Å². The van der Waals surface area contributed by atoms with E-state index in [1.54, 1.807) is 0 Å². The number of rotatable bonds is 2. The third kappa shape index (κ3) is 1.90. The van der Waals surface area contributed by atoms with E-state index in [1.165, 1.54) is 5.39 Å². The Morgan fingerprint density at radius 2 is 1.72 bits per heavy atom. The van der Waals surface area contributed by atoms with Gasteiger partial charge >= 0.3 is 0 Å². The summed E-state index contributed by atoms with van der Waals surface area (Å²) in [7, 11) is 0. The van der Waals surface area contributed by atoms with Crippen LogP contribution in [0, 0.1) is 0 Å². The summed E-state index contributed by atoms with van der Waals surface area (Å²) in [6.45, 7) is 1.08. The van der Waals surface area contributed by atoms with Crippen LogP contribution in [0.25, 0.3) is 10.8 Å². The molecule has 1 aliphatic rings. The summed E-state index contributed by atoms with van der Waals surface area (Å²) in [5, 5.41) is 11.9. The van der Waals surface area contributed by atoms with Crippen molar-refractivity contribution in [3.63, 3.8) is 0 Å². The van der Waals surface area contributed by atoms with E-state index in [9.17, 15) is 5.11 Å². The number of aliphatic hydroxyl groups excluding tert-OH is 1. The van der Waals surface area contributed by atoms with Crippen LogP contribution in [0.4, 0.5) is 0 Å². The van der Waals surface area contributed by atoms with E-state index in [-0.39, 0.29) is 6.61 Å². The number of benzene rings is 2. The Hall–Kier alpha value is -1.42. The van der Waals surface area contributed by atoms with Crippen molar-refractivity contribution in [2.75, 3.05) is 19.8 Å². The van der Waals surface area contributed by atoms with Gasteiger partial charge in [0.05, 0.1) is 13.2 Å². The fraction of sp³-hybridized carbons (Fsp3) is 0.333. The van der Waals surface area contributed by atoms with E-state index in [2.05, 4.69) is 6.07 Å². The summed E-state index contributed by atoms with van der Waals surface area (Å²) in [6.07, 6.45) is 0.870. The van der Waals surface area contributed by atoms with Crippen LogP contribution in [0.5, 0.6) is 0 Å². The Balaban J connectivity index is 2.06. The van der Waals surface area contributed by atoms with Crippen molar-refractivity contribution in [1.82, 2.24) is 0 Å². The fourth-order valence-corrected chi connectivity index (χ4v) is 2.35. The maximum absolute atomic E-state index is 9.62. The SMILES string of the molecule is OCC1(c2ccc3ccccc3c2)OCCCO1. The zero-order chi connectivity index (χ0) is 12.4. The number of fused-ring (bicyclic) bond motifs is 1. The molecule has 3 rings (SSSR count). The van der Waals surface area contributed by atoms with Crippen LogP contribution < -0.4 is 0 Å². The Bertz CT molecular complexity index is 544. The Morgan fingerprint density at radius 3 is 2.44 bits per heavy atom. The number of hydrogen-bond donors (Lipinski definition) is 1. The maximum atomic E-state index is 9.62. The van der Waals surface area contributed by atoms with Gasteiger partial charge in [-0.1, -0.05) is 36.4 Å². The largest absolute Gasteiger partial charge is 0.390 e. The first-order valence-electron chi connectivity index (χ1n) is 6.22. The van der Waals surface area contributed by atoms with E-state index in [1.807, 2.05) is 36.4 Å². The molecule has 0 bridgehead atoms. The Labute approximate surface area is 106 Å². The van der Waals surface area contributed by atoms with E-state index < -0.39 is 5.79 Å². The van der Waals surface area contributed by atoms with Crippen molar-refractivity contribution in [2.45, 2.75) is 12.2 Å². The first-order chi connectivity index (χ1) is 8.84. The summed E-state index contributed by atoms with van der Waals surface area (Å²) in [5.74, 6) is -0.984. The minimum absolute atomic E-state index is 0.161. The third-order valence-corrected chi connectivity index (χ3v) is 3.36. The molecular weight excluding hydrogens is 228 g/mol. The van der Waals surface area contributed by atoms with Crippen molar-refractivity contribution in [1.29, 1.82) is 0 Å². The van der Waals surface area contributed by atoms with Gasteiger partial charge in [-0.05, 0) is 23.3 Å². The van der Waals surface area contributed by atoms with Gasteiger partial charge in [0, 0.05) is 5.56 Å². The molecular formula is C15H16O3. The molecule has 1 fully saturated rings. The molecule has 3 nitrogen and oxygen atoms in total. The quantitative estimate of drug-likeness (QED) is 0.881. The highest BCUT2D eigenvalue weighted by Crippen LogP contribution is 2.32. The van der Waals surface area contributed by atoms with Crippen LogP contribution in [0.15, 0.2) is 42.5 Å². The molecule has 0 aromatic heterocycles. The normalized spacial score (nSPS) is 18.9. The predicted octanol–water partition coefficient (Wildman–Crippen LogP) is 2.42. The van der Waals surface area contributed by atoms with E-state index in [0.29, 0.717) is 13.2 Å². The highest BCUT2D eigenvalue weighted by atomic mass is 16.7. The topological polar surface area (TPSA) is 38.7 Å². The molecule has 2 aromatic carbocycles. The molecule has 1 heterocycles. The molecule has 1 aliphatic heterocycles. The average Bonchev–Trinajstić information content (AvgIpc) is 2.47. The summed E-state index contributed by atoms with van der Waals surface area (Å²) in [5.41, 5.74) is 0.878. The van der Waals surface area contributed by atoms with Gasteiger partial charge in [0.15, 0.2) is 0 Å². The summed E-state index contributed by atoms with van der Waals surface area (Å²) < 4.78 is 11.4. The molecule has 0 unspecified atom stereocenters. The van der Waals surface area contributed by atoms with Gasteiger partial charge < -0.3 is 14.6 Å². The molecule has 1 N–H and O–H groups in total. The van der Waals surface area contributed by atoms with Crippen molar-refractivity contribution >= 4 is 10.8 Å². The summed E-state index contributed by atoms with van der Waals surface area (Å²) >= 11 is 0. The van der Waals surface area contributed by atoms with Crippen LogP contribution in [-0.2, 0) is 15.3 Å². The molecule has 0 atom stereocenters. The second kappa shape index (κ2) is 4.69. The Morgan fingerprint density at radius 1 is 1.00 bits per heavy atom. The lowest BCUT2D eigenvalue weighted by atomic mass is 10.0. The highest BCUT2D eigenvalue weighted by Gasteiger charge is 2.36. The van der Waals surface area contributed by atoms with Crippen LogP contribution in [0.2, 0.25) is 0 Å². The summed E-state index contributed by atoms with van der Waals surface area (Å²) in [4.78, 5) is 0. The van der Waals surface area contributed by atoms with Gasteiger partial charge in [-0.3, -0.25) is 0 Å². The fourth-order valence-electron chi connectivity index (χ4n) is 2.35. The lowest BCUT2D eigenvalue weighted by Crippen LogP contribution is -2.41. The zero-order valence-electron chi connectivity index (χ0n) is 10.1. The second-order valence-corrected chi connectivity index (χ2v) is 4.52. The first kappa shape index (κ1) is 11.7. The molecule has 18 heavy (non-hydrogen) atoms.